The number of benzene rings is 2. The Balaban J connectivity index is 1.53. The van der Waals surface area contributed by atoms with Gasteiger partial charge in [0.25, 0.3) is 10.0 Å². The van der Waals surface area contributed by atoms with Gasteiger partial charge in [0.1, 0.15) is 10.7 Å². The molecule has 0 saturated carbocycles. The smallest absolute Gasteiger partial charge is 0.268 e. The normalized spacial score (nSPS) is 14.1. The maximum atomic E-state index is 13.6. The van der Waals surface area contributed by atoms with E-state index < -0.39 is 10.0 Å². The molecule has 9 heteroatoms. The zero-order valence-electron chi connectivity index (χ0n) is 18.4. The van der Waals surface area contributed by atoms with Crippen molar-refractivity contribution < 1.29 is 12.9 Å². The van der Waals surface area contributed by atoms with Crippen LogP contribution in [0, 0.1) is 20.8 Å². The van der Waals surface area contributed by atoms with E-state index in [1.54, 1.807) is 0 Å². The van der Waals surface area contributed by atoms with Gasteiger partial charge in [0.05, 0.1) is 29.8 Å². The first-order chi connectivity index (χ1) is 15.8. The zero-order chi connectivity index (χ0) is 23.2. The minimum Gasteiger partial charge on any atom is -0.361 e. The van der Waals surface area contributed by atoms with Crippen molar-refractivity contribution in [3.8, 4) is 11.3 Å². The molecule has 3 heterocycles. The number of rotatable bonds is 5. The molecule has 2 aromatic heterocycles. The third-order valence-corrected chi connectivity index (χ3v) is 8.35. The van der Waals surface area contributed by atoms with Crippen LogP contribution in [0.3, 0.4) is 0 Å². The fourth-order valence-corrected chi connectivity index (χ4v) is 6.35. The first-order valence-electron chi connectivity index (χ1n) is 10.4. The average Bonchev–Trinajstić information content (AvgIpc) is 3.13. The predicted molar refractivity (Wildman–Crippen MR) is 128 cm³/mol. The van der Waals surface area contributed by atoms with Gasteiger partial charge in [-0.3, -0.25) is 4.31 Å². The van der Waals surface area contributed by atoms with Gasteiger partial charge in [-0.05, 0) is 32.4 Å². The van der Waals surface area contributed by atoms with Gasteiger partial charge < -0.3 is 4.52 Å². The summed E-state index contributed by atoms with van der Waals surface area (Å²) < 4.78 is 33.9. The van der Waals surface area contributed by atoms with Crippen LogP contribution in [0.5, 0.6) is 0 Å². The molecule has 7 nitrogen and oxygen atoms in total. The Bertz CT molecular complexity index is 1430. The van der Waals surface area contributed by atoms with E-state index in [4.69, 9.17) is 4.52 Å². The van der Waals surface area contributed by atoms with Crippen LogP contribution in [0.25, 0.3) is 11.3 Å². The molecule has 0 atom stereocenters. The highest BCUT2D eigenvalue weighted by atomic mass is 32.2. The van der Waals surface area contributed by atoms with Gasteiger partial charge in [-0.25, -0.2) is 18.4 Å². The lowest BCUT2D eigenvalue weighted by Gasteiger charge is -2.31. The second-order valence-electron chi connectivity index (χ2n) is 7.97. The molecule has 168 valence electrons. The second-order valence-corrected chi connectivity index (χ2v) is 10.7. The fraction of sp³-hybridized carbons (Fsp3) is 0.208. The number of hydrogen-bond acceptors (Lipinski definition) is 7. The van der Waals surface area contributed by atoms with Crippen LogP contribution in [0.15, 0.2) is 69.3 Å². The summed E-state index contributed by atoms with van der Waals surface area (Å²) in [5.74, 6) is 1.35. The molecule has 1 aliphatic heterocycles. The minimum atomic E-state index is -3.82. The number of thioether (sulfide) groups is 1. The number of hydrogen-bond donors (Lipinski definition) is 0. The Labute approximate surface area is 196 Å². The molecular weight excluding hydrogens is 456 g/mol. The number of aryl methyl sites for hydroxylation is 3. The standard InChI is InChI=1S/C24H22N4O3S2/c1-15-8-10-18(11-9-15)13-28-21-7-5-4-6-19(21)23-22(33(28,29)30)12-25-24(26-23)32-14-20-16(2)27-31-17(20)3/h4-12H,13-14H2,1-3H3. The van der Waals surface area contributed by atoms with Crippen LogP contribution < -0.4 is 4.31 Å². The van der Waals surface area contributed by atoms with Crippen molar-refractivity contribution in [2.75, 3.05) is 4.31 Å². The van der Waals surface area contributed by atoms with E-state index in [1.165, 1.54) is 22.3 Å². The zero-order valence-corrected chi connectivity index (χ0v) is 20.1. The van der Waals surface area contributed by atoms with Crippen LogP contribution in [0.2, 0.25) is 0 Å². The molecule has 1 aliphatic rings. The molecule has 0 saturated heterocycles. The van der Waals surface area contributed by atoms with E-state index in [0.717, 1.165) is 33.7 Å². The van der Waals surface area contributed by atoms with Crippen molar-refractivity contribution in [3.63, 3.8) is 0 Å². The number of anilines is 1. The molecule has 5 rings (SSSR count). The third-order valence-electron chi connectivity index (χ3n) is 5.70. The first kappa shape index (κ1) is 21.7. The quantitative estimate of drug-likeness (QED) is 0.293. The fourth-order valence-electron chi connectivity index (χ4n) is 3.82. The summed E-state index contributed by atoms with van der Waals surface area (Å²) in [6, 6.07) is 15.3. The minimum absolute atomic E-state index is 0.120. The summed E-state index contributed by atoms with van der Waals surface area (Å²) >= 11 is 1.43. The van der Waals surface area contributed by atoms with Gasteiger partial charge >= 0.3 is 0 Å². The van der Waals surface area contributed by atoms with Gasteiger partial charge in [-0.2, -0.15) is 0 Å². The van der Waals surface area contributed by atoms with Crippen LogP contribution in [0.4, 0.5) is 5.69 Å². The maximum absolute atomic E-state index is 13.6. The molecule has 2 aromatic carbocycles. The maximum Gasteiger partial charge on any atom is 0.268 e. The monoisotopic (exact) mass is 478 g/mol. The molecular formula is C24H22N4O3S2. The third kappa shape index (κ3) is 3.91. The van der Waals surface area contributed by atoms with Crippen molar-refractivity contribution in [1.29, 1.82) is 0 Å². The van der Waals surface area contributed by atoms with Crippen LogP contribution in [0.1, 0.15) is 28.1 Å². The summed E-state index contributed by atoms with van der Waals surface area (Å²) in [4.78, 5) is 9.14. The number of nitrogens with zero attached hydrogens (tertiary/aromatic N) is 4. The van der Waals surface area contributed by atoms with Gasteiger partial charge in [-0.1, -0.05) is 64.9 Å². The SMILES string of the molecule is Cc1ccc(CN2c3ccccc3-c3nc(SCc4c(C)noc4C)ncc3S2(=O)=O)cc1. The summed E-state index contributed by atoms with van der Waals surface area (Å²) in [7, 11) is -3.82. The van der Waals surface area contributed by atoms with Crippen molar-refractivity contribution in [1.82, 2.24) is 15.1 Å². The lowest BCUT2D eigenvalue weighted by atomic mass is 10.1. The Morgan fingerprint density at radius 1 is 1.03 bits per heavy atom. The lowest BCUT2D eigenvalue weighted by molar-refractivity contribution is 0.392. The highest BCUT2D eigenvalue weighted by Gasteiger charge is 2.36. The lowest BCUT2D eigenvalue weighted by Crippen LogP contribution is -2.34. The molecule has 0 fully saturated rings. The highest BCUT2D eigenvalue weighted by Crippen LogP contribution is 2.43. The van der Waals surface area contributed by atoms with Crippen molar-refractivity contribution in [3.05, 3.63) is 82.9 Å². The Morgan fingerprint density at radius 3 is 2.52 bits per heavy atom. The van der Waals surface area contributed by atoms with E-state index in [-0.39, 0.29) is 11.4 Å². The number of para-hydroxylation sites is 1. The molecule has 0 radical (unpaired) electrons. The molecule has 0 unspecified atom stereocenters. The largest absolute Gasteiger partial charge is 0.361 e. The average molecular weight is 479 g/mol. The van der Waals surface area contributed by atoms with E-state index >= 15 is 0 Å². The van der Waals surface area contributed by atoms with Crippen molar-refractivity contribution in [2.45, 2.75) is 43.1 Å². The van der Waals surface area contributed by atoms with Gasteiger partial charge in [-0.15, -0.1) is 0 Å². The summed E-state index contributed by atoms with van der Waals surface area (Å²) in [6.07, 6.45) is 1.42. The molecule has 0 amide bonds. The Kier molecular flexibility index (Phi) is 5.46. The molecule has 0 N–H and O–H groups in total. The number of aromatic nitrogens is 3. The van der Waals surface area contributed by atoms with E-state index in [9.17, 15) is 8.42 Å². The van der Waals surface area contributed by atoms with E-state index in [1.807, 2.05) is 69.3 Å². The number of sulfonamides is 1. The molecule has 0 aliphatic carbocycles. The molecule has 33 heavy (non-hydrogen) atoms. The van der Waals surface area contributed by atoms with Crippen LogP contribution in [-0.4, -0.2) is 23.5 Å². The van der Waals surface area contributed by atoms with Gasteiger partial charge in [0, 0.05) is 16.9 Å². The summed E-state index contributed by atoms with van der Waals surface area (Å²) in [6.45, 7) is 6.01. The van der Waals surface area contributed by atoms with Crippen molar-refractivity contribution in [2.24, 2.45) is 0 Å². The Morgan fingerprint density at radius 2 is 1.79 bits per heavy atom. The predicted octanol–water partition coefficient (Wildman–Crippen LogP) is 5.06. The van der Waals surface area contributed by atoms with E-state index in [2.05, 4.69) is 15.1 Å². The second kappa shape index (κ2) is 8.31. The highest BCUT2D eigenvalue weighted by molar-refractivity contribution is 7.98. The van der Waals surface area contributed by atoms with Gasteiger partial charge in [0.15, 0.2) is 5.16 Å². The topological polar surface area (TPSA) is 89.2 Å². The molecule has 4 aromatic rings. The Hall–Kier alpha value is -3.17. The molecule has 0 spiro atoms. The van der Waals surface area contributed by atoms with Gasteiger partial charge in [0.2, 0.25) is 0 Å². The first-order valence-corrected chi connectivity index (χ1v) is 12.9. The summed E-state index contributed by atoms with van der Waals surface area (Å²) in [5, 5.41) is 4.49. The van der Waals surface area contributed by atoms with Crippen LogP contribution >= 0.6 is 11.8 Å². The summed E-state index contributed by atoms with van der Waals surface area (Å²) in [5.41, 5.74) is 5.69. The van der Waals surface area contributed by atoms with E-state index in [0.29, 0.717) is 22.3 Å². The van der Waals surface area contributed by atoms with Crippen molar-refractivity contribution >= 4 is 27.5 Å². The molecule has 0 bridgehead atoms. The number of fused-ring (bicyclic) bond motifs is 3. The van der Waals surface area contributed by atoms with Crippen LogP contribution in [-0.2, 0) is 22.3 Å².